The van der Waals surface area contributed by atoms with E-state index in [0.717, 1.165) is 30.6 Å². The Balaban J connectivity index is 2.16. The maximum Gasteiger partial charge on any atom is 0.123 e. The van der Waals surface area contributed by atoms with Gasteiger partial charge in [0.1, 0.15) is 5.82 Å². The zero-order valence-corrected chi connectivity index (χ0v) is 12.1. The van der Waals surface area contributed by atoms with E-state index in [1.807, 2.05) is 18.5 Å². The van der Waals surface area contributed by atoms with Gasteiger partial charge in [0.15, 0.2) is 0 Å². The Bertz CT molecular complexity index is 524. The van der Waals surface area contributed by atoms with Crippen LogP contribution in [0.2, 0.25) is 0 Å². The van der Waals surface area contributed by atoms with Gasteiger partial charge in [-0.2, -0.15) is 0 Å². The summed E-state index contributed by atoms with van der Waals surface area (Å²) in [6, 6.07) is 7.04. The number of thiazole rings is 1. The fourth-order valence-corrected chi connectivity index (χ4v) is 3.00. The van der Waals surface area contributed by atoms with Crippen molar-refractivity contribution in [2.45, 2.75) is 32.7 Å². The Morgan fingerprint density at radius 1 is 1.42 bits per heavy atom. The molecular weight excluding hydrogens is 259 g/mol. The molecule has 1 N–H and O–H groups in total. The Labute approximate surface area is 117 Å². The number of halogens is 1. The van der Waals surface area contributed by atoms with E-state index in [-0.39, 0.29) is 11.9 Å². The lowest BCUT2D eigenvalue weighted by Crippen LogP contribution is -2.24. The fraction of sp³-hybridized carbons (Fsp3) is 0.400. The topological polar surface area (TPSA) is 24.9 Å². The fourth-order valence-electron chi connectivity index (χ4n) is 2.12. The first-order valence-corrected chi connectivity index (χ1v) is 7.46. The minimum atomic E-state index is -0.173. The van der Waals surface area contributed by atoms with E-state index in [1.165, 1.54) is 10.9 Å². The highest BCUT2D eigenvalue weighted by atomic mass is 32.1. The molecule has 0 radical (unpaired) electrons. The van der Waals surface area contributed by atoms with Crippen molar-refractivity contribution in [1.29, 1.82) is 0 Å². The maximum atomic E-state index is 13.3. The molecule has 1 aromatic carbocycles. The predicted molar refractivity (Wildman–Crippen MR) is 78.0 cm³/mol. The van der Waals surface area contributed by atoms with E-state index in [0.29, 0.717) is 0 Å². The van der Waals surface area contributed by atoms with E-state index in [9.17, 15) is 4.39 Å². The molecule has 1 aromatic heterocycles. The minimum Gasteiger partial charge on any atom is -0.309 e. The quantitative estimate of drug-likeness (QED) is 0.867. The first-order chi connectivity index (χ1) is 9.20. The number of aromatic nitrogens is 1. The Hall–Kier alpha value is -1.26. The lowest BCUT2D eigenvalue weighted by atomic mass is 10.0. The Morgan fingerprint density at radius 2 is 2.26 bits per heavy atom. The van der Waals surface area contributed by atoms with Gasteiger partial charge in [-0.25, -0.2) is 9.37 Å². The van der Waals surface area contributed by atoms with Crippen molar-refractivity contribution in [2.24, 2.45) is 0 Å². The van der Waals surface area contributed by atoms with Crippen LogP contribution in [0.15, 0.2) is 29.8 Å². The average molecular weight is 278 g/mol. The van der Waals surface area contributed by atoms with Crippen molar-refractivity contribution in [1.82, 2.24) is 10.3 Å². The number of aryl methyl sites for hydroxylation is 1. The van der Waals surface area contributed by atoms with Crippen LogP contribution in [0.1, 0.15) is 35.5 Å². The van der Waals surface area contributed by atoms with Crippen LogP contribution in [-0.2, 0) is 6.42 Å². The number of benzene rings is 1. The molecule has 2 nitrogen and oxygen atoms in total. The molecule has 0 fully saturated rings. The van der Waals surface area contributed by atoms with Crippen molar-refractivity contribution < 1.29 is 4.39 Å². The Kier molecular flexibility index (Phi) is 5.05. The number of hydrogen-bond acceptors (Lipinski definition) is 3. The summed E-state index contributed by atoms with van der Waals surface area (Å²) >= 11 is 1.66. The van der Waals surface area contributed by atoms with Crippen molar-refractivity contribution in [3.05, 3.63) is 51.7 Å². The summed E-state index contributed by atoms with van der Waals surface area (Å²) in [6.07, 6.45) is 1.87. The number of hydrogen-bond donors (Lipinski definition) is 1. The van der Waals surface area contributed by atoms with Gasteiger partial charge in [-0.05, 0) is 44.0 Å². The van der Waals surface area contributed by atoms with Gasteiger partial charge in [-0.3, -0.25) is 0 Å². The summed E-state index contributed by atoms with van der Waals surface area (Å²) in [4.78, 5) is 5.56. The molecule has 19 heavy (non-hydrogen) atoms. The van der Waals surface area contributed by atoms with Gasteiger partial charge >= 0.3 is 0 Å². The Morgan fingerprint density at radius 3 is 2.89 bits per heavy atom. The van der Waals surface area contributed by atoms with Crippen LogP contribution in [-0.4, -0.2) is 11.5 Å². The molecule has 1 heterocycles. The summed E-state index contributed by atoms with van der Waals surface area (Å²) in [5, 5.41) is 3.53. The molecular formula is C15H19FN2S. The van der Waals surface area contributed by atoms with Crippen molar-refractivity contribution >= 4 is 11.3 Å². The third kappa shape index (κ3) is 3.85. The highest BCUT2D eigenvalue weighted by Gasteiger charge is 2.16. The van der Waals surface area contributed by atoms with Crippen LogP contribution in [0, 0.1) is 12.7 Å². The first-order valence-electron chi connectivity index (χ1n) is 6.58. The van der Waals surface area contributed by atoms with Gasteiger partial charge in [0.25, 0.3) is 0 Å². The lowest BCUT2D eigenvalue weighted by Gasteiger charge is -2.18. The highest BCUT2D eigenvalue weighted by Crippen LogP contribution is 2.25. The van der Waals surface area contributed by atoms with Crippen molar-refractivity contribution in [3.63, 3.8) is 0 Å². The summed E-state index contributed by atoms with van der Waals surface area (Å²) in [6.45, 7) is 5.13. The largest absolute Gasteiger partial charge is 0.309 e. The summed E-state index contributed by atoms with van der Waals surface area (Å²) < 4.78 is 13.3. The van der Waals surface area contributed by atoms with Gasteiger partial charge in [-0.1, -0.05) is 19.1 Å². The number of rotatable bonds is 6. The van der Waals surface area contributed by atoms with E-state index in [1.54, 1.807) is 23.5 Å². The molecule has 2 rings (SSSR count). The van der Waals surface area contributed by atoms with Crippen LogP contribution in [0.4, 0.5) is 4.39 Å². The first kappa shape index (κ1) is 14.2. The average Bonchev–Trinajstić information content (AvgIpc) is 2.81. The maximum absolute atomic E-state index is 13.3. The van der Waals surface area contributed by atoms with Gasteiger partial charge < -0.3 is 5.32 Å². The molecule has 0 saturated carbocycles. The monoisotopic (exact) mass is 278 g/mol. The molecule has 0 spiro atoms. The standard InChI is InChI=1S/C15H19FN2S/c1-3-7-17-14(15-11(2)18-10-19-15)9-12-5-4-6-13(16)8-12/h4-6,8,10,14,17H,3,7,9H2,1-2H3. The summed E-state index contributed by atoms with van der Waals surface area (Å²) in [5.41, 5.74) is 3.95. The molecule has 2 aromatic rings. The van der Waals surface area contributed by atoms with Crippen LogP contribution < -0.4 is 5.32 Å². The molecule has 1 unspecified atom stereocenters. The molecule has 0 aliphatic rings. The van der Waals surface area contributed by atoms with Crippen LogP contribution >= 0.6 is 11.3 Å². The normalized spacial score (nSPS) is 12.6. The predicted octanol–water partition coefficient (Wildman–Crippen LogP) is 3.87. The second kappa shape index (κ2) is 6.78. The van der Waals surface area contributed by atoms with Crippen LogP contribution in [0.5, 0.6) is 0 Å². The molecule has 0 aliphatic carbocycles. The highest BCUT2D eigenvalue weighted by molar-refractivity contribution is 7.09. The summed E-state index contributed by atoms with van der Waals surface area (Å²) in [5.74, 6) is -0.173. The van der Waals surface area contributed by atoms with Crippen LogP contribution in [0.3, 0.4) is 0 Å². The molecule has 0 aliphatic heterocycles. The van der Waals surface area contributed by atoms with Gasteiger partial charge in [0, 0.05) is 10.9 Å². The molecule has 0 saturated heterocycles. The minimum absolute atomic E-state index is 0.173. The van der Waals surface area contributed by atoms with Gasteiger partial charge in [-0.15, -0.1) is 11.3 Å². The second-order valence-corrected chi connectivity index (χ2v) is 5.53. The number of nitrogens with zero attached hydrogens (tertiary/aromatic N) is 1. The van der Waals surface area contributed by atoms with E-state index < -0.39 is 0 Å². The second-order valence-electron chi connectivity index (χ2n) is 4.64. The van der Waals surface area contributed by atoms with Gasteiger partial charge in [0.05, 0.1) is 11.2 Å². The number of nitrogens with one attached hydrogen (secondary N) is 1. The lowest BCUT2D eigenvalue weighted by molar-refractivity contribution is 0.531. The SMILES string of the molecule is CCCNC(Cc1cccc(F)c1)c1scnc1C. The van der Waals surface area contributed by atoms with Crippen molar-refractivity contribution in [3.8, 4) is 0 Å². The molecule has 102 valence electrons. The van der Waals surface area contributed by atoms with Crippen LogP contribution in [0.25, 0.3) is 0 Å². The zero-order valence-electron chi connectivity index (χ0n) is 11.3. The molecule has 4 heteroatoms. The molecule has 1 atom stereocenters. The van der Waals surface area contributed by atoms with Gasteiger partial charge in [0.2, 0.25) is 0 Å². The van der Waals surface area contributed by atoms with E-state index in [4.69, 9.17) is 0 Å². The van der Waals surface area contributed by atoms with E-state index in [2.05, 4.69) is 17.2 Å². The third-order valence-electron chi connectivity index (χ3n) is 3.07. The molecule has 0 bridgehead atoms. The summed E-state index contributed by atoms with van der Waals surface area (Å²) in [7, 11) is 0. The van der Waals surface area contributed by atoms with E-state index >= 15 is 0 Å². The van der Waals surface area contributed by atoms with Crippen molar-refractivity contribution in [2.75, 3.05) is 6.54 Å². The zero-order chi connectivity index (χ0) is 13.7. The third-order valence-corrected chi connectivity index (χ3v) is 4.11. The molecule has 0 amide bonds. The smallest absolute Gasteiger partial charge is 0.123 e.